The van der Waals surface area contributed by atoms with Gasteiger partial charge in [0.05, 0.1) is 17.7 Å². The van der Waals surface area contributed by atoms with Gasteiger partial charge in [-0.3, -0.25) is 19.3 Å². The minimum absolute atomic E-state index is 0.0168. The van der Waals surface area contributed by atoms with Crippen LogP contribution in [0.3, 0.4) is 0 Å². The molecule has 6 nitrogen and oxygen atoms in total. The molecule has 1 unspecified atom stereocenters. The van der Waals surface area contributed by atoms with Crippen LogP contribution in [0.25, 0.3) is 0 Å². The van der Waals surface area contributed by atoms with Crippen LogP contribution in [0.2, 0.25) is 5.02 Å². The molecule has 1 saturated heterocycles. The van der Waals surface area contributed by atoms with Crippen molar-refractivity contribution in [1.29, 1.82) is 0 Å². The molecule has 1 fully saturated rings. The minimum atomic E-state index is -0.779. The largest absolute Gasteiger partial charge is 0.426 e. The topological polar surface area (TPSA) is 66.9 Å². The first-order valence-corrected chi connectivity index (χ1v) is 9.90. The molecule has 29 heavy (non-hydrogen) atoms. The lowest BCUT2D eigenvalue weighted by atomic mass is 9.98. The standard InChI is InChI=1S/C22H21ClN2O4/c1-14-13-15(23)7-8-18(14)29-20(27)10-12-24-21(28)16-5-3-4-6-17(16)25-19(26)9-11-22(24,25)2/h3-8,13H,9-12H2,1-2H3. The number of ether oxygens (including phenoxy) is 1. The maximum Gasteiger partial charge on any atom is 0.312 e. The summed E-state index contributed by atoms with van der Waals surface area (Å²) in [5, 5.41) is 0.568. The average molecular weight is 413 g/mol. The molecule has 4 rings (SSSR count). The third kappa shape index (κ3) is 3.27. The number of nitrogens with zero attached hydrogens (tertiary/aromatic N) is 2. The van der Waals surface area contributed by atoms with Crippen molar-refractivity contribution in [3.8, 4) is 5.75 Å². The van der Waals surface area contributed by atoms with E-state index >= 15 is 0 Å². The number of para-hydroxylation sites is 1. The van der Waals surface area contributed by atoms with Gasteiger partial charge in [-0.05, 0) is 56.2 Å². The van der Waals surface area contributed by atoms with E-state index in [0.717, 1.165) is 5.56 Å². The first-order chi connectivity index (χ1) is 13.8. The summed E-state index contributed by atoms with van der Waals surface area (Å²) in [6.07, 6.45) is 0.911. The Balaban J connectivity index is 1.54. The predicted octanol–water partition coefficient (Wildman–Crippen LogP) is 3.94. The van der Waals surface area contributed by atoms with E-state index in [0.29, 0.717) is 34.9 Å². The van der Waals surface area contributed by atoms with Gasteiger partial charge in [-0.2, -0.15) is 0 Å². The first-order valence-electron chi connectivity index (χ1n) is 9.52. The highest BCUT2D eigenvalue weighted by Gasteiger charge is 2.52. The Morgan fingerprint density at radius 3 is 2.72 bits per heavy atom. The van der Waals surface area contributed by atoms with Gasteiger partial charge in [-0.15, -0.1) is 0 Å². The van der Waals surface area contributed by atoms with Crippen LogP contribution >= 0.6 is 11.6 Å². The Labute approximate surface area is 174 Å². The number of hydrogen-bond acceptors (Lipinski definition) is 4. The van der Waals surface area contributed by atoms with Crippen LogP contribution in [0.15, 0.2) is 42.5 Å². The van der Waals surface area contributed by atoms with Crippen LogP contribution in [-0.2, 0) is 9.59 Å². The molecule has 7 heteroatoms. The van der Waals surface area contributed by atoms with E-state index in [9.17, 15) is 14.4 Å². The summed E-state index contributed by atoms with van der Waals surface area (Å²) in [5.41, 5.74) is 1.09. The lowest BCUT2D eigenvalue weighted by Crippen LogP contribution is -2.62. The molecule has 2 heterocycles. The van der Waals surface area contributed by atoms with E-state index in [4.69, 9.17) is 16.3 Å². The predicted molar refractivity (Wildman–Crippen MR) is 109 cm³/mol. The highest BCUT2D eigenvalue weighted by Crippen LogP contribution is 2.44. The first kappa shape index (κ1) is 19.5. The second-order valence-corrected chi connectivity index (χ2v) is 7.99. The van der Waals surface area contributed by atoms with Gasteiger partial charge in [-0.25, -0.2) is 0 Å². The number of benzene rings is 2. The number of anilines is 1. The maximum absolute atomic E-state index is 13.2. The Bertz CT molecular complexity index is 1020. The molecule has 2 aromatic rings. The van der Waals surface area contributed by atoms with Crippen molar-refractivity contribution in [3.63, 3.8) is 0 Å². The van der Waals surface area contributed by atoms with E-state index in [1.54, 1.807) is 46.2 Å². The monoisotopic (exact) mass is 412 g/mol. The van der Waals surface area contributed by atoms with E-state index in [1.165, 1.54) is 0 Å². The zero-order valence-corrected chi connectivity index (χ0v) is 17.0. The average Bonchev–Trinajstić information content (AvgIpc) is 2.99. The molecule has 0 aliphatic carbocycles. The summed E-state index contributed by atoms with van der Waals surface area (Å²) in [6.45, 7) is 3.85. The highest BCUT2D eigenvalue weighted by molar-refractivity contribution is 6.30. The normalized spacial score (nSPS) is 20.5. The van der Waals surface area contributed by atoms with Gasteiger partial charge in [0.25, 0.3) is 5.91 Å². The quantitative estimate of drug-likeness (QED) is 0.563. The van der Waals surface area contributed by atoms with Gasteiger partial charge in [0.2, 0.25) is 5.91 Å². The zero-order valence-electron chi connectivity index (χ0n) is 16.3. The van der Waals surface area contributed by atoms with Crippen molar-refractivity contribution < 1.29 is 19.1 Å². The van der Waals surface area contributed by atoms with Crippen LogP contribution in [-0.4, -0.2) is 34.9 Å². The summed E-state index contributed by atoms with van der Waals surface area (Å²) >= 11 is 5.94. The van der Waals surface area contributed by atoms with Crippen LogP contribution in [0.1, 0.15) is 42.1 Å². The Morgan fingerprint density at radius 2 is 1.97 bits per heavy atom. The molecular formula is C22H21ClN2O4. The fourth-order valence-corrected chi connectivity index (χ4v) is 4.37. The van der Waals surface area contributed by atoms with Gasteiger partial charge in [0.1, 0.15) is 11.4 Å². The summed E-state index contributed by atoms with van der Waals surface area (Å²) in [4.78, 5) is 41.5. The van der Waals surface area contributed by atoms with Crippen LogP contribution in [0.5, 0.6) is 5.75 Å². The van der Waals surface area contributed by atoms with E-state index in [1.807, 2.05) is 19.9 Å². The third-order valence-corrected chi connectivity index (χ3v) is 5.88. The van der Waals surface area contributed by atoms with Crippen molar-refractivity contribution in [1.82, 2.24) is 4.90 Å². The summed E-state index contributed by atoms with van der Waals surface area (Å²) in [6, 6.07) is 12.1. The molecule has 2 amide bonds. The van der Waals surface area contributed by atoms with E-state index in [-0.39, 0.29) is 24.8 Å². The van der Waals surface area contributed by atoms with Crippen molar-refractivity contribution in [2.24, 2.45) is 0 Å². The van der Waals surface area contributed by atoms with Gasteiger partial charge in [-0.1, -0.05) is 23.7 Å². The molecule has 1 atom stereocenters. The zero-order chi connectivity index (χ0) is 20.8. The molecule has 0 saturated carbocycles. The third-order valence-electron chi connectivity index (χ3n) is 5.65. The van der Waals surface area contributed by atoms with Gasteiger partial charge >= 0.3 is 5.97 Å². The van der Waals surface area contributed by atoms with E-state index < -0.39 is 11.6 Å². The second-order valence-electron chi connectivity index (χ2n) is 7.55. The summed E-state index contributed by atoms with van der Waals surface area (Å²) in [7, 11) is 0. The van der Waals surface area contributed by atoms with Gasteiger partial charge in [0, 0.05) is 18.0 Å². The van der Waals surface area contributed by atoms with Crippen LogP contribution in [0, 0.1) is 6.92 Å². The van der Waals surface area contributed by atoms with Crippen LogP contribution in [0.4, 0.5) is 5.69 Å². The number of aryl methyl sites for hydroxylation is 1. The fourth-order valence-electron chi connectivity index (χ4n) is 4.15. The minimum Gasteiger partial charge on any atom is -0.426 e. The molecule has 0 bridgehead atoms. The number of halogens is 1. The molecule has 2 aliphatic heterocycles. The van der Waals surface area contributed by atoms with E-state index in [2.05, 4.69) is 0 Å². The number of carbonyl (C=O) groups is 3. The summed E-state index contributed by atoms with van der Waals surface area (Å²) in [5.74, 6) is -0.193. The highest BCUT2D eigenvalue weighted by atomic mass is 35.5. The number of fused-ring (bicyclic) bond motifs is 3. The van der Waals surface area contributed by atoms with Crippen molar-refractivity contribution >= 4 is 35.1 Å². The molecule has 2 aliphatic rings. The number of rotatable bonds is 4. The lowest BCUT2D eigenvalue weighted by molar-refractivity contribution is -0.134. The van der Waals surface area contributed by atoms with Gasteiger partial charge < -0.3 is 9.64 Å². The molecule has 0 N–H and O–H groups in total. The Morgan fingerprint density at radius 1 is 1.21 bits per heavy atom. The number of amides is 2. The fraction of sp³-hybridized carbons (Fsp3) is 0.318. The molecule has 150 valence electrons. The Kier molecular flexibility index (Phi) is 4.82. The number of carbonyl (C=O) groups excluding carboxylic acids is 3. The smallest absolute Gasteiger partial charge is 0.312 e. The lowest BCUT2D eigenvalue weighted by Gasteiger charge is -2.48. The maximum atomic E-state index is 13.2. The molecule has 2 aromatic carbocycles. The molecule has 0 aromatic heterocycles. The Hall–Kier alpha value is -2.86. The van der Waals surface area contributed by atoms with Crippen molar-refractivity contribution in [2.45, 2.75) is 38.8 Å². The number of hydrogen-bond donors (Lipinski definition) is 0. The molecule has 0 spiro atoms. The second kappa shape index (κ2) is 7.19. The molecular weight excluding hydrogens is 392 g/mol. The molecule has 0 radical (unpaired) electrons. The van der Waals surface area contributed by atoms with Crippen molar-refractivity contribution in [2.75, 3.05) is 11.4 Å². The van der Waals surface area contributed by atoms with Crippen LogP contribution < -0.4 is 9.64 Å². The van der Waals surface area contributed by atoms with Crippen molar-refractivity contribution in [3.05, 3.63) is 58.6 Å². The summed E-state index contributed by atoms with van der Waals surface area (Å²) < 4.78 is 5.45. The number of esters is 1. The van der Waals surface area contributed by atoms with Gasteiger partial charge in [0.15, 0.2) is 0 Å². The SMILES string of the molecule is Cc1cc(Cl)ccc1OC(=O)CCN1C(=O)c2ccccc2N2C(=O)CCC12C.